The van der Waals surface area contributed by atoms with Gasteiger partial charge in [0.05, 0.1) is 17.4 Å². The smallest absolute Gasteiger partial charge is 0.269 e. The van der Waals surface area contributed by atoms with Crippen molar-refractivity contribution in [2.24, 2.45) is 5.92 Å². The summed E-state index contributed by atoms with van der Waals surface area (Å²) in [6.07, 6.45) is 2.35. The summed E-state index contributed by atoms with van der Waals surface area (Å²) in [6, 6.07) is 6.67. The van der Waals surface area contributed by atoms with Crippen molar-refractivity contribution in [2.45, 2.75) is 46.0 Å². The monoisotopic (exact) mass is 467 g/mol. The van der Waals surface area contributed by atoms with E-state index in [1.807, 2.05) is 11.8 Å². The number of piperazine rings is 1. The van der Waals surface area contributed by atoms with E-state index in [0.717, 1.165) is 41.3 Å². The second-order valence-corrected chi connectivity index (χ2v) is 9.25. The van der Waals surface area contributed by atoms with Gasteiger partial charge in [-0.3, -0.25) is 14.9 Å². The molecule has 2 fully saturated rings. The third-order valence-corrected chi connectivity index (χ3v) is 6.96. The van der Waals surface area contributed by atoms with Gasteiger partial charge in [-0.15, -0.1) is 0 Å². The quantitative estimate of drug-likeness (QED) is 0.454. The summed E-state index contributed by atoms with van der Waals surface area (Å²) in [6.45, 7) is 10.2. The number of nitro benzene ring substituents is 1. The molecule has 0 bridgehead atoms. The molecule has 0 spiro atoms. The van der Waals surface area contributed by atoms with E-state index in [2.05, 4.69) is 18.7 Å². The molecule has 0 N–H and O–H groups in total. The van der Waals surface area contributed by atoms with Crippen molar-refractivity contribution in [3.63, 3.8) is 0 Å². The van der Waals surface area contributed by atoms with Crippen LogP contribution in [-0.4, -0.2) is 65.1 Å². The number of nitrogens with zero attached hydrogens (tertiary/aromatic N) is 5. The molecule has 2 saturated heterocycles. The third kappa shape index (κ3) is 5.19. The largest absolute Gasteiger partial charge is 0.381 e. The zero-order chi connectivity index (χ0) is 24.2. The molecule has 2 aliphatic heterocycles. The molecule has 182 valence electrons. The highest BCUT2D eigenvalue weighted by Crippen LogP contribution is 2.29. The lowest BCUT2D eigenvalue weighted by atomic mass is 10.0. The number of hydrogen-bond acceptors (Lipinski definition) is 7. The van der Waals surface area contributed by atoms with Crippen LogP contribution in [0.5, 0.6) is 0 Å². The van der Waals surface area contributed by atoms with Crippen molar-refractivity contribution < 1.29 is 14.5 Å². The van der Waals surface area contributed by atoms with Gasteiger partial charge in [0.25, 0.3) is 5.69 Å². The fraction of sp³-hybridized carbons (Fsp3) is 0.560. The average molecular weight is 468 g/mol. The number of carbonyl (C=O) groups is 1. The molecule has 2 atom stereocenters. The van der Waals surface area contributed by atoms with Gasteiger partial charge in [0, 0.05) is 68.5 Å². The molecule has 9 heteroatoms. The van der Waals surface area contributed by atoms with Crippen LogP contribution >= 0.6 is 0 Å². The zero-order valence-electron chi connectivity index (χ0n) is 20.2. The molecule has 3 heterocycles. The molecule has 0 saturated carbocycles. The van der Waals surface area contributed by atoms with Gasteiger partial charge in [-0.25, -0.2) is 9.97 Å². The maximum atomic E-state index is 12.8. The van der Waals surface area contributed by atoms with Gasteiger partial charge in [0.1, 0.15) is 11.6 Å². The Hall–Kier alpha value is -3.07. The van der Waals surface area contributed by atoms with E-state index in [0.29, 0.717) is 45.8 Å². The molecule has 0 radical (unpaired) electrons. The van der Waals surface area contributed by atoms with E-state index < -0.39 is 0 Å². The summed E-state index contributed by atoms with van der Waals surface area (Å²) >= 11 is 0. The molecular formula is C25H33N5O4. The summed E-state index contributed by atoms with van der Waals surface area (Å²) in [5.41, 5.74) is 3.02. The highest BCUT2D eigenvalue weighted by Gasteiger charge is 2.31. The first-order chi connectivity index (χ1) is 16.4. The van der Waals surface area contributed by atoms with Crippen LogP contribution in [0.15, 0.2) is 24.3 Å². The number of aromatic nitrogens is 2. The van der Waals surface area contributed by atoms with Crippen LogP contribution in [-0.2, 0) is 16.0 Å². The highest BCUT2D eigenvalue weighted by molar-refractivity contribution is 5.79. The summed E-state index contributed by atoms with van der Waals surface area (Å²) in [4.78, 5) is 37.5. The lowest BCUT2D eigenvalue weighted by Crippen LogP contribution is -2.51. The highest BCUT2D eigenvalue weighted by atomic mass is 16.6. The number of hydrogen-bond donors (Lipinski definition) is 0. The lowest BCUT2D eigenvalue weighted by Gasteiger charge is -2.37. The number of amides is 1. The fourth-order valence-electron chi connectivity index (χ4n) is 4.54. The third-order valence-electron chi connectivity index (χ3n) is 6.96. The zero-order valence-corrected chi connectivity index (χ0v) is 20.2. The Morgan fingerprint density at radius 1 is 1.21 bits per heavy atom. The number of nitro groups is 1. The Balaban J connectivity index is 1.57. The van der Waals surface area contributed by atoms with E-state index in [9.17, 15) is 14.9 Å². The Labute approximate surface area is 200 Å². The number of aryl methyl sites for hydroxylation is 1. The molecule has 1 amide bonds. The number of carbonyl (C=O) groups excluding carboxylic acids is 1. The number of non-ortho nitro benzene ring substituents is 1. The molecule has 2 aliphatic rings. The minimum absolute atomic E-state index is 0.0115. The summed E-state index contributed by atoms with van der Waals surface area (Å²) in [7, 11) is 0. The molecule has 9 nitrogen and oxygen atoms in total. The molecule has 0 aliphatic carbocycles. The normalized spacial score (nSPS) is 19.3. The van der Waals surface area contributed by atoms with Crippen LogP contribution < -0.4 is 4.90 Å². The Kier molecular flexibility index (Phi) is 7.41. The predicted molar refractivity (Wildman–Crippen MR) is 129 cm³/mol. The maximum Gasteiger partial charge on any atom is 0.269 e. The van der Waals surface area contributed by atoms with Crippen molar-refractivity contribution in [1.82, 2.24) is 14.9 Å². The number of anilines is 1. The Morgan fingerprint density at radius 2 is 1.91 bits per heavy atom. The van der Waals surface area contributed by atoms with Crippen LogP contribution in [0, 0.1) is 23.0 Å². The van der Waals surface area contributed by atoms with Crippen molar-refractivity contribution in [3.8, 4) is 0 Å². The van der Waals surface area contributed by atoms with Gasteiger partial charge in [-0.2, -0.15) is 0 Å². The minimum atomic E-state index is -0.386. The second-order valence-electron chi connectivity index (χ2n) is 9.25. The van der Waals surface area contributed by atoms with Gasteiger partial charge in [0.2, 0.25) is 5.91 Å². The fourth-order valence-corrected chi connectivity index (χ4v) is 4.54. The lowest BCUT2D eigenvalue weighted by molar-refractivity contribution is -0.384. The van der Waals surface area contributed by atoms with Crippen molar-refractivity contribution in [1.29, 1.82) is 0 Å². The van der Waals surface area contributed by atoms with E-state index in [1.54, 1.807) is 12.1 Å². The Morgan fingerprint density at radius 3 is 2.50 bits per heavy atom. The van der Waals surface area contributed by atoms with Crippen molar-refractivity contribution in [2.75, 3.05) is 44.3 Å². The average Bonchev–Trinajstić information content (AvgIpc) is 3.39. The van der Waals surface area contributed by atoms with Gasteiger partial charge >= 0.3 is 0 Å². The SMILES string of the molecule is CC[C@@H](C)c1nc(C)c(Cc2ccc([N+](=O)[O-])cc2)c(N2CCN(C(=O)[C@H]3CCOC3)CC2)n1. The second kappa shape index (κ2) is 10.5. The first-order valence-corrected chi connectivity index (χ1v) is 12.1. The van der Waals surface area contributed by atoms with Crippen molar-refractivity contribution in [3.05, 3.63) is 57.0 Å². The number of benzene rings is 1. The van der Waals surface area contributed by atoms with Crippen LogP contribution in [0.3, 0.4) is 0 Å². The van der Waals surface area contributed by atoms with Crippen molar-refractivity contribution >= 4 is 17.4 Å². The Bertz CT molecular complexity index is 1030. The topological polar surface area (TPSA) is 102 Å². The van der Waals surface area contributed by atoms with Gasteiger partial charge in [-0.05, 0) is 25.3 Å². The molecular weight excluding hydrogens is 434 g/mol. The predicted octanol–water partition coefficient (Wildman–Crippen LogP) is 3.48. The molecule has 34 heavy (non-hydrogen) atoms. The molecule has 0 unspecified atom stereocenters. The molecule has 2 aromatic rings. The van der Waals surface area contributed by atoms with Gasteiger partial charge < -0.3 is 14.5 Å². The van der Waals surface area contributed by atoms with Gasteiger partial charge in [0.15, 0.2) is 0 Å². The maximum absolute atomic E-state index is 12.8. The van der Waals surface area contributed by atoms with Crippen LogP contribution in [0.4, 0.5) is 11.5 Å². The van der Waals surface area contributed by atoms with Crippen LogP contribution in [0.25, 0.3) is 0 Å². The molecule has 4 rings (SSSR count). The number of rotatable bonds is 7. The summed E-state index contributed by atoms with van der Waals surface area (Å²) in [5, 5.41) is 11.0. The molecule has 1 aromatic heterocycles. The van der Waals surface area contributed by atoms with Crippen LogP contribution in [0.2, 0.25) is 0 Å². The van der Waals surface area contributed by atoms with E-state index in [1.165, 1.54) is 12.1 Å². The van der Waals surface area contributed by atoms with Crippen LogP contribution in [0.1, 0.15) is 55.3 Å². The minimum Gasteiger partial charge on any atom is -0.381 e. The summed E-state index contributed by atoms with van der Waals surface area (Å²) in [5.74, 6) is 2.18. The van der Waals surface area contributed by atoms with Gasteiger partial charge in [-0.1, -0.05) is 26.0 Å². The molecule has 1 aromatic carbocycles. The summed E-state index contributed by atoms with van der Waals surface area (Å²) < 4.78 is 5.40. The van der Waals surface area contributed by atoms with E-state index >= 15 is 0 Å². The first kappa shape index (κ1) is 24.1. The first-order valence-electron chi connectivity index (χ1n) is 12.1. The van der Waals surface area contributed by atoms with E-state index in [4.69, 9.17) is 14.7 Å². The number of ether oxygens (including phenoxy) is 1. The van der Waals surface area contributed by atoms with E-state index in [-0.39, 0.29) is 28.4 Å². The standard InChI is InChI=1S/C25H33N5O4/c1-4-17(2)23-26-18(3)22(15-19-5-7-21(8-6-19)30(32)33)24(27-23)28-10-12-29(13-11-28)25(31)20-9-14-34-16-20/h5-8,17,20H,4,9-16H2,1-3H3/t17-,20+/m1/s1.